The van der Waals surface area contributed by atoms with Crippen molar-refractivity contribution in [2.24, 2.45) is 0 Å². The lowest BCUT2D eigenvalue weighted by Crippen LogP contribution is -2.09. The fourth-order valence-corrected chi connectivity index (χ4v) is 2.68. The van der Waals surface area contributed by atoms with Crippen molar-refractivity contribution in [2.75, 3.05) is 0 Å². The molecule has 0 saturated carbocycles. The summed E-state index contributed by atoms with van der Waals surface area (Å²) in [5.41, 5.74) is 0.691. The smallest absolute Gasteiger partial charge is 0.210 e. The van der Waals surface area contributed by atoms with Gasteiger partial charge in [0.2, 0.25) is 11.6 Å². The number of Topliss-reactive ketones (excluding diaryl/α,β-unsaturated/α-hetero) is 2. The summed E-state index contributed by atoms with van der Waals surface area (Å²) in [7, 11) is 0. The molecular weight excluding hydrogens is 248 g/mol. The molecule has 2 aromatic rings. The monoisotopic (exact) mass is 256 g/mol. The molecule has 0 unspecified atom stereocenters. The molecule has 4 heteroatoms. The second kappa shape index (κ2) is 3.92. The highest BCUT2D eigenvalue weighted by molar-refractivity contribution is 7.12. The Morgan fingerprint density at radius 1 is 1.06 bits per heavy atom. The lowest BCUT2D eigenvalue weighted by atomic mass is 10.1. The molecule has 0 saturated heterocycles. The average molecular weight is 256 g/mol. The van der Waals surface area contributed by atoms with Crippen LogP contribution in [0.4, 0.5) is 0 Å². The van der Waals surface area contributed by atoms with Gasteiger partial charge in [0.05, 0.1) is 4.88 Å². The number of rotatable bonds is 2. The van der Waals surface area contributed by atoms with Crippen LogP contribution < -0.4 is 0 Å². The number of hydrogen-bond donors (Lipinski definition) is 1. The minimum absolute atomic E-state index is 0.126. The molecule has 1 heterocycles. The number of ketones is 2. The van der Waals surface area contributed by atoms with E-state index < -0.39 is 11.6 Å². The molecule has 3 rings (SSSR count). The van der Waals surface area contributed by atoms with E-state index in [0.29, 0.717) is 16.0 Å². The van der Waals surface area contributed by atoms with Gasteiger partial charge < -0.3 is 5.11 Å². The van der Waals surface area contributed by atoms with Crippen molar-refractivity contribution in [1.29, 1.82) is 0 Å². The topological polar surface area (TPSA) is 54.4 Å². The van der Waals surface area contributed by atoms with E-state index in [4.69, 9.17) is 0 Å². The van der Waals surface area contributed by atoms with E-state index in [1.165, 1.54) is 11.3 Å². The SMILES string of the molecule is O=C(C1=C(O)c2ccccc2C1=O)c1cccs1. The van der Waals surface area contributed by atoms with Crippen molar-refractivity contribution >= 4 is 28.7 Å². The van der Waals surface area contributed by atoms with Crippen molar-refractivity contribution in [1.82, 2.24) is 0 Å². The normalized spacial score (nSPS) is 13.9. The number of carbonyl (C=O) groups excluding carboxylic acids is 2. The highest BCUT2D eigenvalue weighted by atomic mass is 32.1. The molecule has 3 nitrogen and oxygen atoms in total. The molecule has 0 fully saturated rings. The average Bonchev–Trinajstić information content (AvgIpc) is 2.99. The van der Waals surface area contributed by atoms with E-state index in [0.717, 1.165) is 0 Å². The summed E-state index contributed by atoms with van der Waals surface area (Å²) < 4.78 is 0. The van der Waals surface area contributed by atoms with Crippen LogP contribution in [0.25, 0.3) is 5.76 Å². The molecule has 1 aliphatic carbocycles. The number of fused-ring (bicyclic) bond motifs is 1. The zero-order valence-corrected chi connectivity index (χ0v) is 10.0. The predicted octanol–water partition coefficient (Wildman–Crippen LogP) is 3.10. The first-order valence-corrected chi connectivity index (χ1v) is 6.23. The third kappa shape index (κ3) is 1.43. The number of aliphatic hydroxyl groups excluding tert-OH is 1. The molecule has 1 aliphatic rings. The summed E-state index contributed by atoms with van der Waals surface area (Å²) in [4.78, 5) is 24.7. The second-order valence-corrected chi connectivity index (χ2v) is 4.85. The number of aliphatic hydroxyl groups is 1. The van der Waals surface area contributed by atoms with Crippen LogP contribution in [0.2, 0.25) is 0 Å². The van der Waals surface area contributed by atoms with Crippen LogP contribution in [-0.2, 0) is 0 Å². The predicted molar refractivity (Wildman–Crippen MR) is 69.0 cm³/mol. The van der Waals surface area contributed by atoms with E-state index in [-0.39, 0.29) is 11.3 Å². The number of benzene rings is 1. The van der Waals surface area contributed by atoms with Crippen LogP contribution >= 0.6 is 11.3 Å². The molecule has 1 aromatic carbocycles. The Morgan fingerprint density at radius 2 is 1.78 bits per heavy atom. The zero-order valence-electron chi connectivity index (χ0n) is 9.21. The van der Waals surface area contributed by atoms with Crippen LogP contribution in [0.3, 0.4) is 0 Å². The molecule has 0 bridgehead atoms. The Morgan fingerprint density at radius 3 is 2.39 bits per heavy atom. The summed E-state index contributed by atoms with van der Waals surface area (Å²) in [5.74, 6) is -1.03. The maximum Gasteiger partial charge on any atom is 0.210 e. The van der Waals surface area contributed by atoms with E-state index in [9.17, 15) is 14.7 Å². The third-order valence-corrected chi connectivity index (χ3v) is 3.73. The Labute approximate surface area is 107 Å². The van der Waals surface area contributed by atoms with E-state index >= 15 is 0 Å². The third-order valence-electron chi connectivity index (χ3n) is 2.86. The molecule has 0 spiro atoms. The fourth-order valence-electron chi connectivity index (χ4n) is 2.01. The standard InChI is InChI=1S/C14H8O3S/c15-12-8-4-1-2-5-9(8)13(16)11(12)14(17)10-6-3-7-18-10/h1-7,15H. The number of thiophene rings is 1. The van der Waals surface area contributed by atoms with E-state index in [2.05, 4.69) is 0 Å². The fraction of sp³-hybridized carbons (Fsp3) is 0. The van der Waals surface area contributed by atoms with Gasteiger partial charge in [-0.15, -0.1) is 11.3 Å². The second-order valence-electron chi connectivity index (χ2n) is 3.90. The van der Waals surface area contributed by atoms with Gasteiger partial charge in [-0.25, -0.2) is 0 Å². The minimum atomic E-state index is -0.413. The molecule has 0 amide bonds. The van der Waals surface area contributed by atoms with Gasteiger partial charge in [-0.05, 0) is 11.4 Å². The molecule has 0 radical (unpaired) electrons. The quantitative estimate of drug-likeness (QED) is 0.663. The van der Waals surface area contributed by atoms with Gasteiger partial charge in [-0.1, -0.05) is 30.3 Å². The van der Waals surface area contributed by atoms with Gasteiger partial charge in [-0.3, -0.25) is 9.59 Å². The van der Waals surface area contributed by atoms with E-state index in [1.807, 2.05) is 0 Å². The summed E-state index contributed by atoms with van der Waals surface area (Å²) in [6, 6.07) is 10.1. The highest BCUT2D eigenvalue weighted by Gasteiger charge is 2.34. The highest BCUT2D eigenvalue weighted by Crippen LogP contribution is 2.33. The minimum Gasteiger partial charge on any atom is -0.506 e. The molecule has 88 valence electrons. The van der Waals surface area contributed by atoms with Crippen molar-refractivity contribution in [3.8, 4) is 0 Å². The largest absolute Gasteiger partial charge is 0.506 e. The Bertz CT molecular complexity index is 681. The number of carbonyl (C=O) groups is 2. The molecule has 0 atom stereocenters. The Kier molecular flexibility index (Phi) is 2.38. The lowest BCUT2D eigenvalue weighted by molar-refractivity contribution is 0.0967. The van der Waals surface area contributed by atoms with Crippen LogP contribution in [0.15, 0.2) is 47.4 Å². The molecule has 1 aromatic heterocycles. The van der Waals surface area contributed by atoms with Gasteiger partial charge in [-0.2, -0.15) is 0 Å². The summed E-state index contributed by atoms with van der Waals surface area (Å²) in [6.45, 7) is 0. The maximum absolute atomic E-state index is 12.2. The van der Waals surface area contributed by atoms with Crippen molar-refractivity contribution in [3.63, 3.8) is 0 Å². The summed E-state index contributed by atoms with van der Waals surface area (Å²) in [5, 5.41) is 11.8. The van der Waals surface area contributed by atoms with E-state index in [1.54, 1.807) is 41.8 Å². The molecular formula is C14H8O3S. The number of allylic oxidation sites excluding steroid dienone is 1. The van der Waals surface area contributed by atoms with Gasteiger partial charge in [0.15, 0.2) is 0 Å². The van der Waals surface area contributed by atoms with Gasteiger partial charge in [0.1, 0.15) is 11.3 Å². The molecule has 18 heavy (non-hydrogen) atoms. The van der Waals surface area contributed by atoms with Crippen molar-refractivity contribution in [3.05, 3.63) is 63.4 Å². The first kappa shape index (κ1) is 10.9. The lowest BCUT2D eigenvalue weighted by Gasteiger charge is -1.98. The zero-order chi connectivity index (χ0) is 12.7. The molecule has 0 aliphatic heterocycles. The Balaban J connectivity index is 2.13. The first-order chi connectivity index (χ1) is 8.70. The van der Waals surface area contributed by atoms with Crippen LogP contribution in [-0.4, -0.2) is 16.7 Å². The van der Waals surface area contributed by atoms with Crippen molar-refractivity contribution in [2.45, 2.75) is 0 Å². The summed E-state index contributed by atoms with van der Waals surface area (Å²) in [6.07, 6.45) is 0. The number of hydrogen-bond acceptors (Lipinski definition) is 4. The van der Waals surface area contributed by atoms with Crippen LogP contribution in [0, 0.1) is 0 Å². The molecule has 1 N–H and O–H groups in total. The Hall–Kier alpha value is -2.20. The van der Waals surface area contributed by atoms with Crippen molar-refractivity contribution < 1.29 is 14.7 Å². The van der Waals surface area contributed by atoms with Crippen LogP contribution in [0.1, 0.15) is 25.6 Å². The van der Waals surface area contributed by atoms with Gasteiger partial charge in [0.25, 0.3) is 0 Å². The summed E-state index contributed by atoms with van der Waals surface area (Å²) >= 11 is 1.25. The first-order valence-electron chi connectivity index (χ1n) is 5.35. The van der Waals surface area contributed by atoms with Gasteiger partial charge >= 0.3 is 0 Å². The maximum atomic E-state index is 12.2. The van der Waals surface area contributed by atoms with Gasteiger partial charge in [0, 0.05) is 11.1 Å². The van der Waals surface area contributed by atoms with Crippen LogP contribution in [0.5, 0.6) is 0 Å².